The number of rotatable bonds is 4. The fraction of sp³-hybridized carbons (Fsp3) is 0.200. The number of ketones is 1. The molecule has 1 N–H and O–H groups in total. The van der Waals surface area contributed by atoms with Crippen molar-refractivity contribution in [1.29, 1.82) is 0 Å². The number of aromatic amines is 1. The second-order valence-corrected chi connectivity index (χ2v) is 4.82. The highest BCUT2D eigenvalue weighted by atomic mass is 19.1. The van der Waals surface area contributed by atoms with Crippen molar-refractivity contribution in [3.05, 3.63) is 54.0 Å². The van der Waals surface area contributed by atoms with Crippen LogP contribution in [0.4, 0.5) is 4.39 Å². The Bertz CT molecular complexity index is 759. The molecule has 0 radical (unpaired) electrons. The third-order valence-corrected chi connectivity index (χ3v) is 3.43. The van der Waals surface area contributed by atoms with Gasteiger partial charge in [-0.2, -0.15) is 0 Å². The standard InChI is InChI=1S/C15H14FN3O/c1-19-8-13(12-6-10(16)2-4-14(12)19)15(20)5-3-11-7-17-9-18-11/h2,4,6-9H,3,5H2,1H3,(H,17,18). The number of hydrogen-bond donors (Lipinski definition) is 1. The Hall–Kier alpha value is -2.43. The average Bonchev–Trinajstić information content (AvgIpc) is 3.04. The molecule has 0 bridgehead atoms. The normalized spacial score (nSPS) is 11.1. The van der Waals surface area contributed by atoms with Crippen molar-refractivity contribution in [2.45, 2.75) is 12.8 Å². The second-order valence-electron chi connectivity index (χ2n) is 4.82. The van der Waals surface area contributed by atoms with Crippen LogP contribution >= 0.6 is 0 Å². The number of imidazole rings is 1. The van der Waals surface area contributed by atoms with Crippen molar-refractivity contribution in [3.63, 3.8) is 0 Å². The minimum Gasteiger partial charge on any atom is -0.350 e. The van der Waals surface area contributed by atoms with Crippen molar-refractivity contribution >= 4 is 16.7 Å². The molecule has 0 aliphatic rings. The van der Waals surface area contributed by atoms with Gasteiger partial charge in [0.2, 0.25) is 0 Å². The van der Waals surface area contributed by atoms with Gasteiger partial charge in [-0.05, 0) is 24.6 Å². The highest BCUT2D eigenvalue weighted by Crippen LogP contribution is 2.23. The average molecular weight is 271 g/mol. The Morgan fingerprint density at radius 1 is 1.45 bits per heavy atom. The van der Waals surface area contributed by atoms with E-state index in [4.69, 9.17) is 0 Å². The number of aryl methyl sites for hydroxylation is 2. The molecule has 4 nitrogen and oxygen atoms in total. The zero-order valence-electron chi connectivity index (χ0n) is 11.1. The molecular weight excluding hydrogens is 257 g/mol. The number of fused-ring (bicyclic) bond motifs is 1. The number of nitrogens with one attached hydrogen (secondary N) is 1. The molecule has 20 heavy (non-hydrogen) atoms. The molecule has 5 heteroatoms. The number of Topliss-reactive ketones (excluding diaryl/α,β-unsaturated/α-hetero) is 1. The number of aromatic nitrogens is 3. The van der Waals surface area contributed by atoms with Crippen molar-refractivity contribution in [2.75, 3.05) is 0 Å². The van der Waals surface area contributed by atoms with E-state index in [1.54, 1.807) is 24.8 Å². The molecule has 0 saturated carbocycles. The summed E-state index contributed by atoms with van der Waals surface area (Å²) < 4.78 is 15.2. The lowest BCUT2D eigenvalue weighted by Crippen LogP contribution is -2.01. The van der Waals surface area contributed by atoms with Crippen LogP contribution in [0.15, 0.2) is 36.9 Å². The summed E-state index contributed by atoms with van der Waals surface area (Å²) in [6, 6.07) is 4.51. The zero-order valence-corrected chi connectivity index (χ0v) is 11.1. The van der Waals surface area contributed by atoms with Crippen LogP contribution in [-0.2, 0) is 13.5 Å². The van der Waals surface area contributed by atoms with Crippen LogP contribution < -0.4 is 0 Å². The summed E-state index contributed by atoms with van der Waals surface area (Å²) in [6.45, 7) is 0. The molecule has 1 aromatic carbocycles. The number of hydrogen-bond acceptors (Lipinski definition) is 2. The molecule has 0 spiro atoms. The van der Waals surface area contributed by atoms with E-state index in [0.717, 1.165) is 11.2 Å². The van der Waals surface area contributed by atoms with Crippen LogP contribution in [0.1, 0.15) is 22.5 Å². The van der Waals surface area contributed by atoms with Gasteiger partial charge in [-0.1, -0.05) is 0 Å². The summed E-state index contributed by atoms with van der Waals surface area (Å²) in [5.41, 5.74) is 2.35. The summed E-state index contributed by atoms with van der Waals surface area (Å²) in [6.07, 6.45) is 6.03. The highest BCUT2D eigenvalue weighted by Gasteiger charge is 2.14. The Morgan fingerprint density at radius 3 is 3.05 bits per heavy atom. The van der Waals surface area contributed by atoms with Gasteiger partial charge in [-0.15, -0.1) is 0 Å². The molecule has 0 unspecified atom stereocenters. The van der Waals surface area contributed by atoms with E-state index in [0.29, 0.717) is 23.8 Å². The molecule has 0 amide bonds. The molecule has 0 aliphatic carbocycles. The number of carbonyl (C=O) groups is 1. The maximum Gasteiger partial charge on any atom is 0.165 e. The maximum absolute atomic E-state index is 13.4. The Morgan fingerprint density at radius 2 is 2.30 bits per heavy atom. The monoisotopic (exact) mass is 271 g/mol. The van der Waals surface area contributed by atoms with Crippen molar-refractivity contribution in [2.24, 2.45) is 7.05 Å². The predicted molar refractivity (Wildman–Crippen MR) is 74.1 cm³/mol. The fourth-order valence-electron chi connectivity index (χ4n) is 2.39. The Labute approximate surface area is 115 Å². The first-order valence-corrected chi connectivity index (χ1v) is 6.40. The Kier molecular flexibility index (Phi) is 3.10. The van der Waals surface area contributed by atoms with E-state index >= 15 is 0 Å². The maximum atomic E-state index is 13.4. The van der Waals surface area contributed by atoms with Gasteiger partial charge in [-0.3, -0.25) is 4.79 Å². The summed E-state index contributed by atoms with van der Waals surface area (Å²) in [5, 5.41) is 0.669. The largest absolute Gasteiger partial charge is 0.350 e. The zero-order chi connectivity index (χ0) is 14.1. The van der Waals surface area contributed by atoms with E-state index < -0.39 is 0 Å². The highest BCUT2D eigenvalue weighted by molar-refractivity contribution is 6.08. The summed E-state index contributed by atoms with van der Waals surface area (Å²) in [4.78, 5) is 19.2. The minimum atomic E-state index is -0.327. The van der Waals surface area contributed by atoms with E-state index in [2.05, 4.69) is 9.97 Å². The van der Waals surface area contributed by atoms with Crippen molar-refractivity contribution < 1.29 is 9.18 Å². The lowest BCUT2D eigenvalue weighted by atomic mass is 10.0. The van der Waals surface area contributed by atoms with Crippen molar-refractivity contribution in [3.8, 4) is 0 Å². The first-order chi connectivity index (χ1) is 9.65. The number of nitrogens with zero attached hydrogens (tertiary/aromatic N) is 2. The van der Waals surface area contributed by atoms with Crippen molar-refractivity contribution in [1.82, 2.24) is 14.5 Å². The van der Waals surface area contributed by atoms with Gasteiger partial charge in [0.15, 0.2) is 5.78 Å². The summed E-state index contributed by atoms with van der Waals surface area (Å²) in [7, 11) is 1.85. The minimum absolute atomic E-state index is 0.0100. The predicted octanol–water partition coefficient (Wildman–Crippen LogP) is 2.86. The molecule has 2 aromatic heterocycles. The van der Waals surface area contributed by atoms with E-state index in [-0.39, 0.29) is 11.6 Å². The van der Waals surface area contributed by atoms with Gasteiger partial charge in [-0.25, -0.2) is 9.37 Å². The van der Waals surface area contributed by atoms with Crippen LogP contribution in [0, 0.1) is 5.82 Å². The molecule has 0 fully saturated rings. The Balaban J connectivity index is 1.89. The summed E-state index contributed by atoms with van der Waals surface area (Å²) >= 11 is 0. The smallest absolute Gasteiger partial charge is 0.165 e. The van der Waals surface area contributed by atoms with Gasteiger partial charge in [0.25, 0.3) is 0 Å². The number of halogens is 1. The molecule has 0 saturated heterocycles. The van der Waals surface area contributed by atoms with Gasteiger partial charge < -0.3 is 9.55 Å². The quantitative estimate of drug-likeness (QED) is 0.742. The first-order valence-electron chi connectivity index (χ1n) is 6.40. The lowest BCUT2D eigenvalue weighted by Gasteiger charge is -1.99. The SMILES string of the molecule is Cn1cc(C(=O)CCc2cnc[nH]2)c2cc(F)ccc21. The van der Waals surface area contributed by atoms with E-state index in [9.17, 15) is 9.18 Å². The van der Waals surface area contributed by atoms with Crippen LogP contribution in [0.25, 0.3) is 10.9 Å². The third-order valence-electron chi connectivity index (χ3n) is 3.43. The molecular formula is C15H14FN3O. The number of carbonyl (C=O) groups excluding carboxylic acids is 1. The van der Waals surface area contributed by atoms with E-state index in [1.807, 2.05) is 11.6 Å². The molecule has 102 valence electrons. The van der Waals surface area contributed by atoms with Crippen LogP contribution in [0.3, 0.4) is 0 Å². The van der Waals surface area contributed by atoms with Gasteiger partial charge >= 0.3 is 0 Å². The lowest BCUT2D eigenvalue weighted by molar-refractivity contribution is 0.0984. The van der Waals surface area contributed by atoms with Gasteiger partial charge in [0.1, 0.15) is 5.82 Å². The second kappa shape index (κ2) is 4.92. The number of H-pyrrole nitrogens is 1. The molecule has 3 aromatic rings. The van der Waals surface area contributed by atoms with Crippen LogP contribution in [0.2, 0.25) is 0 Å². The topological polar surface area (TPSA) is 50.7 Å². The molecule has 3 rings (SSSR count). The first kappa shape index (κ1) is 12.6. The van der Waals surface area contributed by atoms with Crippen LogP contribution in [0.5, 0.6) is 0 Å². The van der Waals surface area contributed by atoms with Crippen LogP contribution in [-0.4, -0.2) is 20.3 Å². The number of benzene rings is 1. The van der Waals surface area contributed by atoms with E-state index in [1.165, 1.54) is 12.1 Å². The fourth-order valence-corrected chi connectivity index (χ4v) is 2.39. The molecule has 0 aliphatic heterocycles. The molecule has 2 heterocycles. The van der Waals surface area contributed by atoms with Gasteiger partial charge in [0, 0.05) is 48.0 Å². The third kappa shape index (κ3) is 2.22. The molecule has 0 atom stereocenters. The van der Waals surface area contributed by atoms with Gasteiger partial charge in [0.05, 0.1) is 6.33 Å². The summed E-state index contributed by atoms with van der Waals surface area (Å²) in [5.74, 6) is -0.317.